The molecule has 0 aliphatic carbocycles. The van der Waals surface area contributed by atoms with Crippen LogP contribution in [0.2, 0.25) is 0 Å². The molecule has 0 radical (unpaired) electrons. The lowest BCUT2D eigenvalue weighted by Crippen LogP contribution is -2.31. The van der Waals surface area contributed by atoms with Crippen LogP contribution in [-0.4, -0.2) is 66.3 Å². The maximum atomic E-state index is 10.2. The second-order valence-electron chi connectivity index (χ2n) is 2.86. The number of carboxylic acid groups (broad SMARTS) is 2. The Kier molecular flexibility index (Phi) is 7.92. The Balaban J connectivity index is 0. The number of rotatable bonds is 6. The zero-order chi connectivity index (χ0) is 17.6. The summed E-state index contributed by atoms with van der Waals surface area (Å²) in [6.07, 6.45) is -1.16. The molecular formula is C4H8O14S3. The summed E-state index contributed by atoms with van der Waals surface area (Å²) in [5.41, 5.74) is 0. The highest BCUT2D eigenvalue weighted by molar-refractivity contribution is 7.94. The van der Waals surface area contributed by atoms with E-state index in [1.807, 2.05) is 0 Å². The first kappa shape index (κ1) is 21.9. The number of hydrogen-bond acceptors (Lipinski definition) is 9. The molecule has 5 N–H and O–H groups in total. The fourth-order valence-electron chi connectivity index (χ4n) is 0.587. The van der Waals surface area contributed by atoms with Gasteiger partial charge in [-0.3, -0.25) is 23.2 Å². The number of carboxylic acids is 2. The third-order valence-corrected chi connectivity index (χ3v) is 3.63. The first-order valence-corrected chi connectivity index (χ1v) is 8.26. The van der Waals surface area contributed by atoms with Crippen LogP contribution in [0.1, 0.15) is 6.42 Å². The van der Waals surface area contributed by atoms with Crippen LogP contribution in [0.3, 0.4) is 0 Å². The Labute approximate surface area is 117 Å². The van der Waals surface area contributed by atoms with E-state index in [1.165, 1.54) is 0 Å². The second-order valence-corrected chi connectivity index (χ2v) is 6.72. The van der Waals surface area contributed by atoms with E-state index < -0.39 is 54.5 Å². The summed E-state index contributed by atoms with van der Waals surface area (Å²) < 4.78 is 84.2. The first-order chi connectivity index (χ1) is 8.96. The zero-order valence-electron chi connectivity index (χ0n) is 9.42. The summed E-state index contributed by atoms with van der Waals surface area (Å²) in [4.78, 5) is 20.0. The van der Waals surface area contributed by atoms with Gasteiger partial charge in [0.05, 0.1) is 6.42 Å². The topological polar surface area (TPSA) is 247 Å². The summed E-state index contributed by atoms with van der Waals surface area (Å²) in [5, 5.41) is 13.9. The lowest BCUT2D eigenvalue weighted by atomic mass is 10.3. The van der Waals surface area contributed by atoms with Crippen LogP contribution >= 0.6 is 0 Å². The maximum absolute atomic E-state index is 10.2. The van der Waals surface area contributed by atoms with Crippen LogP contribution in [0, 0.1) is 0 Å². The highest BCUT2D eigenvalue weighted by Crippen LogP contribution is 2.04. The van der Waals surface area contributed by atoms with Gasteiger partial charge in [0.1, 0.15) is 0 Å². The fourth-order valence-corrected chi connectivity index (χ4v) is 2.06. The van der Waals surface area contributed by atoms with Crippen molar-refractivity contribution in [2.24, 2.45) is 0 Å². The van der Waals surface area contributed by atoms with E-state index in [1.54, 1.807) is 0 Å². The molecule has 126 valence electrons. The molecule has 0 bridgehead atoms. The van der Waals surface area contributed by atoms with Gasteiger partial charge in [-0.25, -0.2) is 0 Å². The van der Waals surface area contributed by atoms with Gasteiger partial charge in [0, 0.05) is 0 Å². The quantitative estimate of drug-likeness (QED) is 0.298. The van der Waals surface area contributed by atoms with Crippen molar-refractivity contribution in [1.29, 1.82) is 0 Å². The van der Waals surface area contributed by atoms with Crippen molar-refractivity contribution in [2.45, 2.75) is 11.7 Å². The first-order valence-electron chi connectivity index (χ1n) is 4.02. The minimum atomic E-state index is -5.12. The van der Waals surface area contributed by atoms with Crippen molar-refractivity contribution in [3.63, 3.8) is 0 Å². The van der Waals surface area contributed by atoms with Crippen LogP contribution < -0.4 is 0 Å². The SMILES string of the molecule is O=C(O)CC(C(=O)O)S(=O)(=O)O.O=S(=O)(O)OS(=O)(=O)O. The summed E-state index contributed by atoms with van der Waals surface area (Å²) in [6, 6.07) is 0. The van der Waals surface area contributed by atoms with Gasteiger partial charge < -0.3 is 10.2 Å². The minimum Gasteiger partial charge on any atom is -0.481 e. The predicted octanol–water partition coefficient (Wildman–Crippen LogP) is -2.59. The number of aliphatic carboxylic acids is 2. The predicted molar refractivity (Wildman–Crippen MR) is 59.4 cm³/mol. The Morgan fingerprint density at radius 3 is 1.24 bits per heavy atom. The number of carbonyl (C=O) groups is 2. The van der Waals surface area contributed by atoms with E-state index in [9.17, 15) is 34.8 Å². The van der Waals surface area contributed by atoms with Gasteiger partial charge in [-0.05, 0) is 0 Å². The molecule has 0 heterocycles. The van der Waals surface area contributed by atoms with Crippen LogP contribution in [0.5, 0.6) is 0 Å². The molecule has 1 atom stereocenters. The smallest absolute Gasteiger partial charge is 0.413 e. The molecule has 0 amide bonds. The van der Waals surface area contributed by atoms with E-state index >= 15 is 0 Å². The van der Waals surface area contributed by atoms with Gasteiger partial charge in [0.2, 0.25) is 0 Å². The van der Waals surface area contributed by atoms with E-state index in [2.05, 4.69) is 3.63 Å². The fraction of sp³-hybridized carbons (Fsp3) is 0.500. The van der Waals surface area contributed by atoms with Crippen LogP contribution in [0.15, 0.2) is 0 Å². The summed E-state index contributed by atoms with van der Waals surface area (Å²) in [7, 11) is -15.1. The van der Waals surface area contributed by atoms with Gasteiger partial charge in [0.15, 0.2) is 5.25 Å². The molecule has 0 aromatic heterocycles. The third-order valence-electron chi connectivity index (χ3n) is 1.17. The van der Waals surface area contributed by atoms with E-state index in [4.69, 9.17) is 23.9 Å². The van der Waals surface area contributed by atoms with Crippen molar-refractivity contribution in [3.8, 4) is 0 Å². The largest absolute Gasteiger partial charge is 0.481 e. The Hall–Kier alpha value is -1.37. The molecule has 17 heteroatoms. The molecule has 0 aromatic rings. The molecule has 0 rings (SSSR count). The maximum Gasteiger partial charge on any atom is 0.413 e. The molecule has 0 aromatic carbocycles. The van der Waals surface area contributed by atoms with Crippen molar-refractivity contribution in [1.82, 2.24) is 0 Å². The van der Waals surface area contributed by atoms with Gasteiger partial charge in [-0.2, -0.15) is 25.3 Å². The molecule has 21 heavy (non-hydrogen) atoms. The van der Waals surface area contributed by atoms with Gasteiger partial charge in [-0.1, -0.05) is 0 Å². The standard InChI is InChI=1S/C4H6O7S.H2O7S2/c5-3(6)1-2(4(7)8)12(9,10)11;1-8(2,3)7-9(4,5)6/h2H,1H2,(H,5,6)(H,7,8)(H,9,10,11);(H,1,2,3)(H,4,5,6). The zero-order valence-corrected chi connectivity index (χ0v) is 11.9. The van der Waals surface area contributed by atoms with Crippen LogP contribution in [0.25, 0.3) is 0 Å². The second kappa shape index (κ2) is 7.59. The van der Waals surface area contributed by atoms with Crippen LogP contribution in [0.4, 0.5) is 0 Å². The normalized spacial score (nSPS) is 13.7. The van der Waals surface area contributed by atoms with Crippen molar-refractivity contribution in [2.75, 3.05) is 0 Å². The van der Waals surface area contributed by atoms with E-state index in [0.29, 0.717) is 0 Å². The Morgan fingerprint density at radius 2 is 1.19 bits per heavy atom. The lowest BCUT2D eigenvalue weighted by molar-refractivity contribution is -0.143. The molecule has 0 aliphatic rings. The molecule has 0 fully saturated rings. The van der Waals surface area contributed by atoms with E-state index in [-0.39, 0.29) is 0 Å². The van der Waals surface area contributed by atoms with Gasteiger partial charge in [-0.15, -0.1) is 3.63 Å². The van der Waals surface area contributed by atoms with Gasteiger partial charge in [0.25, 0.3) is 10.1 Å². The Bertz CT molecular complexity index is 649. The average molecular weight is 376 g/mol. The Morgan fingerprint density at radius 1 is 0.857 bits per heavy atom. The highest BCUT2D eigenvalue weighted by atomic mass is 32.3. The van der Waals surface area contributed by atoms with Gasteiger partial charge >= 0.3 is 32.7 Å². The molecular weight excluding hydrogens is 368 g/mol. The molecule has 14 nitrogen and oxygen atoms in total. The molecule has 0 saturated carbocycles. The van der Waals surface area contributed by atoms with Crippen molar-refractivity contribution >= 4 is 42.9 Å². The molecule has 0 saturated heterocycles. The molecule has 1 unspecified atom stereocenters. The number of hydrogen-bond donors (Lipinski definition) is 5. The monoisotopic (exact) mass is 376 g/mol. The van der Waals surface area contributed by atoms with Crippen LogP contribution in [-0.2, 0) is 44.1 Å². The minimum absolute atomic E-state index is 1.16. The van der Waals surface area contributed by atoms with Crippen molar-refractivity contribution < 1.29 is 62.3 Å². The third kappa shape index (κ3) is 14.8. The lowest BCUT2D eigenvalue weighted by Gasteiger charge is -2.04. The molecule has 0 aliphatic heterocycles. The summed E-state index contributed by atoms with van der Waals surface area (Å²) in [5.74, 6) is -3.50. The highest BCUT2D eigenvalue weighted by Gasteiger charge is 2.33. The molecule has 0 spiro atoms. The summed E-state index contributed by atoms with van der Waals surface area (Å²) in [6.45, 7) is 0. The van der Waals surface area contributed by atoms with E-state index in [0.717, 1.165) is 0 Å². The van der Waals surface area contributed by atoms with Crippen molar-refractivity contribution in [3.05, 3.63) is 0 Å². The summed E-state index contributed by atoms with van der Waals surface area (Å²) >= 11 is 0. The average Bonchev–Trinajstić information content (AvgIpc) is 2.05.